The van der Waals surface area contributed by atoms with E-state index >= 15 is 0 Å². The molecule has 0 spiro atoms. The van der Waals surface area contributed by atoms with Gasteiger partial charge in [-0.15, -0.1) is 5.11 Å². The van der Waals surface area contributed by atoms with Crippen LogP contribution in [0, 0.1) is 0 Å². The maximum absolute atomic E-state index is 9.85. The standard InChI is InChI=1S/C16H17BrN2O/c1-3-11(2)12-4-9-16(20)15(10-12)19-18-14-7-5-13(17)6-8-14/h4-11,20H,3H2,1-2H3. The molecule has 2 rings (SSSR count). The Morgan fingerprint density at radius 2 is 1.80 bits per heavy atom. The van der Waals surface area contributed by atoms with E-state index in [1.807, 2.05) is 36.4 Å². The quantitative estimate of drug-likeness (QED) is 0.677. The van der Waals surface area contributed by atoms with E-state index in [-0.39, 0.29) is 5.75 Å². The fraction of sp³-hybridized carbons (Fsp3) is 0.250. The number of azo groups is 1. The molecule has 0 aromatic heterocycles. The number of benzene rings is 2. The maximum atomic E-state index is 9.85. The monoisotopic (exact) mass is 332 g/mol. The van der Waals surface area contributed by atoms with Crippen LogP contribution in [0.25, 0.3) is 0 Å². The van der Waals surface area contributed by atoms with Gasteiger partial charge in [-0.05, 0) is 54.3 Å². The molecule has 4 heteroatoms. The number of hydrogen-bond donors (Lipinski definition) is 1. The normalized spacial score (nSPS) is 12.8. The Labute approximate surface area is 127 Å². The summed E-state index contributed by atoms with van der Waals surface area (Å²) in [6.07, 6.45) is 1.05. The number of nitrogens with zero attached hydrogens (tertiary/aromatic N) is 2. The third-order valence-corrected chi connectivity index (χ3v) is 3.81. The van der Waals surface area contributed by atoms with Gasteiger partial charge in [0, 0.05) is 4.47 Å². The van der Waals surface area contributed by atoms with Crippen LogP contribution in [0.2, 0.25) is 0 Å². The minimum absolute atomic E-state index is 0.151. The Morgan fingerprint density at radius 1 is 1.10 bits per heavy atom. The summed E-state index contributed by atoms with van der Waals surface area (Å²) in [4.78, 5) is 0. The first-order chi connectivity index (χ1) is 9.60. The van der Waals surface area contributed by atoms with Crippen molar-refractivity contribution in [3.05, 3.63) is 52.5 Å². The Morgan fingerprint density at radius 3 is 2.45 bits per heavy atom. The van der Waals surface area contributed by atoms with Crippen molar-refractivity contribution in [2.24, 2.45) is 10.2 Å². The van der Waals surface area contributed by atoms with E-state index in [1.54, 1.807) is 6.07 Å². The molecule has 0 heterocycles. The van der Waals surface area contributed by atoms with Crippen molar-refractivity contribution in [2.45, 2.75) is 26.2 Å². The third kappa shape index (κ3) is 3.67. The van der Waals surface area contributed by atoms with Gasteiger partial charge in [0.2, 0.25) is 0 Å². The SMILES string of the molecule is CCC(C)c1ccc(O)c(N=Nc2ccc(Br)cc2)c1. The topological polar surface area (TPSA) is 45.0 Å². The summed E-state index contributed by atoms with van der Waals surface area (Å²) in [5.74, 6) is 0.593. The zero-order valence-electron chi connectivity index (χ0n) is 11.5. The van der Waals surface area contributed by atoms with Gasteiger partial charge in [-0.2, -0.15) is 5.11 Å². The molecule has 0 saturated carbocycles. The van der Waals surface area contributed by atoms with Crippen LogP contribution in [0.5, 0.6) is 5.75 Å². The van der Waals surface area contributed by atoms with Gasteiger partial charge in [-0.1, -0.05) is 35.8 Å². The van der Waals surface area contributed by atoms with Gasteiger partial charge in [-0.25, -0.2) is 0 Å². The number of aromatic hydroxyl groups is 1. The van der Waals surface area contributed by atoms with Gasteiger partial charge in [0.15, 0.2) is 0 Å². The molecule has 0 aliphatic heterocycles. The number of rotatable bonds is 4. The van der Waals surface area contributed by atoms with Crippen LogP contribution >= 0.6 is 15.9 Å². The number of phenols is 1. The second kappa shape index (κ2) is 6.66. The van der Waals surface area contributed by atoms with E-state index in [1.165, 1.54) is 0 Å². The third-order valence-electron chi connectivity index (χ3n) is 3.28. The molecule has 0 amide bonds. The second-order valence-electron chi connectivity index (χ2n) is 4.73. The van der Waals surface area contributed by atoms with Crippen molar-refractivity contribution in [2.75, 3.05) is 0 Å². The lowest BCUT2D eigenvalue weighted by atomic mass is 9.98. The minimum Gasteiger partial charge on any atom is -0.506 e. The highest BCUT2D eigenvalue weighted by Gasteiger charge is 2.07. The smallest absolute Gasteiger partial charge is 0.143 e. The summed E-state index contributed by atoms with van der Waals surface area (Å²) in [5.41, 5.74) is 2.42. The largest absolute Gasteiger partial charge is 0.506 e. The average Bonchev–Trinajstić information content (AvgIpc) is 2.47. The highest BCUT2D eigenvalue weighted by Crippen LogP contribution is 2.32. The van der Waals surface area contributed by atoms with E-state index in [4.69, 9.17) is 0 Å². The molecular formula is C16H17BrN2O. The van der Waals surface area contributed by atoms with E-state index in [0.717, 1.165) is 22.1 Å². The molecule has 0 fully saturated rings. The van der Waals surface area contributed by atoms with E-state index < -0.39 is 0 Å². The average molecular weight is 333 g/mol. The number of halogens is 1. The molecule has 0 bridgehead atoms. The molecule has 104 valence electrons. The minimum atomic E-state index is 0.151. The van der Waals surface area contributed by atoms with Crippen LogP contribution in [-0.4, -0.2) is 5.11 Å². The lowest BCUT2D eigenvalue weighted by Gasteiger charge is -2.09. The molecule has 0 aliphatic carbocycles. The summed E-state index contributed by atoms with van der Waals surface area (Å²) in [7, 11) is 0. The predicted octanol–water partition coefficient (Wildman–Crippen LogP) is 6.08. The number of hydrogen-bond acceptors (Lipinski definition) is 3. The Balaban J connectivity index is 2.25. The van der Waals surface area contributed by atoms with Gasteiger partial charge < -0.3 is 5.11 Å². The highest BCUT2D eigenvalue weighted by atomic mass is 79.9. The van der Waals surface area contributed by atoms with Crippen molar-refractivity contribution in [1.29, 1.82) is 0 Å². The molecule has 2 aromatic rings. The Kier molecular flexibility index (Phi) is 4.90. The van der Waals surface area contributed by atoms with Crippen molar-refractivity contribution < 1.29 is 5.11 Å². The molecular weight excluding hydrogens is 316 g/mol. The molecule has 2 aromatic carbocycles. The zero-order valence-corrected chi connectivity index (χ0v) is 13.1. The van der Waals surface area contributed by atoms with Crippen LogP contribution in [0.15, 0.2) is 57.2 Å². The predicted molar refractivity (Wildman–Crippen MR) is 85.1 cm³/mol. The fourth-order valence-corrected chi connectivity index (χ4v) is 2.05. The molecule has 1 N–H and O–H groups in total. The van der Waals surface area contributed by atoms with Gasteiger partial charge in [0.1, 0.15) is 11.4 Å². The van der Waals surface area contributed by atoms with Crippen molar-refractivity contribution in [1.82, 2.24) is 0 Å². The molecule has 0 saturated heterocycles. The van der Waals surface area contributed by atoms with Crippen LogP contribution in [-0.2, 0) is 0 Å². The molecule has 0 radical (unpaired) electrons. The van der Waals surface area contributed by atoms with Gasteiger partial charge in [0.05, 0.1) is 5.69 Å². The summed E-state index contributed by atoms with van der Waals surface area (Å²) in [5, 5.41) is 18.1. The first-order valence-corrected chi connectivity index (χ1v) is 7.39. The summed E-state index contributed by atoms with van der Waals surface area (Å²) in [6, 6.07) is 13.0. The lowest BCUT2D eigenvalue weighted by Crippen LogP contribution is -1.90. The highest BCUT2D eigenvalue weighted by molar-refractivity contribution is 9.10. The summed E-state index contributed by atoms with van der Waals surface area (Å²) < 4.78 is 0.998. The van der Waals surface area contributed by atoms with Gasteiger partial charge in [0.25, 0.3) is 0 Å². The summed E-state index contributed by atoms with van der Waals surface area (Å²) >= 11 is 3.37. The first-order valence-electron chi connectivity index (χ1n) is 6.60. The van der Waals surface area contributed by atoms with Crippen LogP contribution in [0.1, 0.15) is 31.7 Å². The van der Waals surface area contributed by atoms with Crippen molar-refractivity contribution >= 4 is 27.3 Å². The first kappa shape index (κ1) is 14.7. The lowest BCUT2D eigenvalue weighted by molar-refractivity contribution is 0.476. The van der Waals surface area contributed by atoms with Crippen LogP contribution < -0.4 is 0 Å². The Bertz CT molecular complexity index is 608. The van der Waals surface area contributed by atoms with Crippen molar-refractivity contribution in [3.8, 4) is 5.75 Å². The molecule has 1 unspecified atom stereocenters. The maximum Gasteiger partial charge on any atom is 0.143 e. The van der Waals surface area contributed by atoms with E-state index in [0.29, 0.717) is 11.6 Å². The van der Waals surface area contributed by atoms with Crippen LogP contribution in [0.4, 0.5) is 11.4 Å². The zero-order chi connectivity index (χ0) is 14.5. The fourth-order valence-electron chi connectivity index (χ4n) is 1.78. The molecule has 0 aliphatic rings. The van der Waals surface area contributed by atoms with Gasteiger partial charge in [-0.3, -0.25) is 0 Å². The molecule has 20 heavy (non-hydrogen) atoms. The molecule has 1 atom stereocenters. The number of phenolic OH excluding ortho intramolecular Hbond substituents is 1. The molecule has 3 nitrogen and oxygen atoms in total. The van der Waals surface area contributed by atoms with Crippen LogP contribution in [0.3, 0.4) is 0 Å². The Hall–Kier alpha value is -1.68. The summed E-state index contributed by atoms with van der Waals surface area (Å²) in [6.45, 7) is 4.29. The van der Waals surface area contributed by atoms with Crippen molar-refractivity contribution in [3.63, 3.8) is 0 Å². The van der Waals surface area contributed by atoms with Gasteiger partial charge >= 0.3 is 0 Å². The van der Waals surface area contributed by atoms with E-state index in [2.05, 4.69) is 40.0 Å². The van der Waals surface area contributed by atoms with E-state index in [9.17, 15) is 5.11 Å². The second-order valence-corrected chi connectivity index (χ2v) is 5.65.